The molecule has 1 aliphatic rings. The third kappa shape index (κ3) is 2.68. The standard InChI is InChI=1S/C12H18N2OS/c1-9-12(16-8-13-9)7-14(2)6-10-4-3-5-11(10)15/h8,10H,3-7H2,1-2H3. The fraction of sp³-hybridized carbons (Fsp3) is 0.667. The fourth-order valence-corrected chi connectivity index (χ4v) is 3.10. The first-order chi connectivity index (χ1) is 7.66. The molecule has 0 N–H and O–H groups in total. The highest BCUT2D eigenvalue weighted by Crippen LogP contribution is 2.23. The van der Waals surface area contributed by atoms with E-state index in [1.807, 2.05) is 12.4 Å². The normalized spacial score (nSPS) is 20.9. The monoisotopic (exact) mass is 238 g/mol. The van der Waals surface area contributed by atoms with Crippen LogP contribution < -0.4 is 0 Å². The molecule has 1 aromatic heterocycles. The number of rotatable bonds is 4. The summed E-state index contributed by atoms with van der Waals surface area (Å²) in [5.41, 5.74) is 3.01. The molecule has 0 bridgehead atoms. The van der Waals surface area contributed by atoms with Crippen LogP contribution in [0.5, 0.6) is 0 Å². The maximum Gasteiger partial charge on any atom is 0.137 e. The molecular weight excluding hydrogens is 220 g/mol. The van der Waals surface area contributed by atoms with Gasteiger partial charge in [-0.1, -0.05) is 0 Å². The van der Waals surface area contributed by atoms with Gasteiger partial charge in [0, 0.05) is 30.3 Å². The molecule has 1 heterocycles. The van der Waals surface area contributed by atoms with Crippen molar-refractivity contribution in [1.82, 2.24) is 9.88 Å². The molecule has 0 amide bonds. The Labute approximate surface area is 100 Å². The van der Waals surface area contributed by atoms with Gasteiger partial charge in [-0.25, -0.2) is 4.98 Å². The van der Waals surface area contributed by atoms with E-state index in [0.717, 1.165) is 38.0 Å². The molecule has 4 heteroatoms. The maximum atomic E-state index is 11.5. The lowest BCUT2D eigenvalue weighted by Gasteiger charge is -2.19. The van der Waals surface area contributed by atoms with E-state index in [9.17, 15) is 4.79 Å². The van der Waals surface area contributed by atoms with E-state index < -0.39 is 0 Å². The van der Waals surface area contributed by atoms with Crippen molar-refractivity contribution in [3.05, 3.63) is 16.1 Å². The van der Waals surface area contributed by atoms with E-state index in [4.69, 9.17) is 0 Å². The first-order valence-electron chi connectivity index (χ1n) is 5.77. The Morgan fingerprint density at radius 3 is 3.00 bits per heavy atom. The lowest BCUT2D eigenvalue weighted by atomic mass is 10.1. The zero-order valence-corrected chi connectivity index (χ0v) is 10.7. The van der Waals surface area contributed by atoms with Crippen molar-refractivity contribution in [3.8, 4) is 0 Å². The van der Waals surface area contributed by atoms with Crippen molar-refractivity contribution >= 4 is 17.1 Å². The Hall–Kier alpha value is -0.740. The average molecular weight is 238 g/mol. The summed E-state index contributed by atoms with van der Waals surface area (Å²) in [6.07, 6.45) is 2.94. The third-order valence-corrected chi connectivity index (χ3v) is 4.14. The number of thiazole rings is 1. The number of nitrogens with zero attached hydrogens (tertiary/aromatic N) is 2. The summed E-state index contributed by atoms with van der Waals surface area (Å²) in [6, 6.07) is 0. The summed E-state index contributed by atoms with van der Waals surface area (Å²) in [5, 5.41) is 0. The second-order valence-corrected chi connectivity index (χ2v) is 5.55. The van der Waals surface area contributed by atoms with E-state index >= 15 is 0 Å². The molecule has 0 spiro atoms. The van der Waals surface area contributed by atoms with Crippen molar-refractivity contribution in [2.45, 2.75) is 32.7 Å². The molecule has 1 fully saturated rings. The highest BCUT2D eigenvalue weighted by Gasteiger charge is 2.25. The number of aryl methyl sites for hydroxylation is 1. The minimum Gasteiger partial charge on any atom is -0.301 e. The smallest absolute Gasteiger partial charge is 0.137 e. The molecule has 1 saturated carbocycles. The van der Waals surface area contributed by atoms with E-state index in [-0.39, 0.29) is 5.92 Å². The van der Waals surface area contributed by atoms with Crippen molar-refractivity contribution < 1.29 is 4.79 Å². The van der Waals surface area contributed by atoms with Crippen molar-refractivity contribution in [2.24, 2.45) is 5.92 Å². The lowest BCUT2D eigenvalue weighted by molar-refractivity contribution is -0.121. The van der Waals surface area contributed by atoms with Crippen LogP contribution in [-0.4, -0.2) is 29.3 Å². The molecule has 0 radical (unpaired) electrons. The maximum absolute atomic E-state index is 11.5. The van der Waals surface area contributed by atoms with E-state index in [1.54, 1.807) is 11.3 Å². The van der Waals surface area contributed by atoms with Crippen LogP contribution >= 0.6 is 11.3 Å². The predicted octanol–water partition coefficient (Wildman–Crippen LogP) is 2.25. The Morgan fingerprint density at radius 1 is 1.62 bits per heavy atom. The predicted molar refractivity (Wildman–Crippen MR) is 65.5 cm³/mol. The van der Waals surface area contributed by atoms with Gasteiger partial charge in [0.25, 0.3) is 0 Å². The molecule has 3 nitrogen and oxygen atoms in total. The van der Waals surface area contributed by atoms with Crippen LogP contribution in [0.4, 0.5) is 0 Å². The number of Topliss-reactive ketones (excluding diaryl/α,β-unsaturated/α-hetero) is 1. The van der Waals surface area contributed by atoms with Gasteiger partial charge in [0.15, 0.2) is 0 Å². The van der Waals surface area contributed by atoms with Gasteiger partial charge in [-0.2, -0.15) is 0 Å². The average Bonchev–Trinajstić information content (AvgIpc) is 2.79. The zero-order valence-electron chi connectivity index (χ0n) is 9.90. The van der Waals surface area contributed by atoms with E-state index in [0.29, 0.717) is 5.78 Å². The van der Waals surface area contributed by atoms with Crippen LogP contribution in [0.2, 0.25) is 0 Å². The van der Waals surface area contributed by atoms with Gasteiger partial charge in [-0.3, -0.25) is 4.79 Å². The molecule has 1 aliphatic carbocycles. The molecule has 0 aromatic carbocycles. The second-order valence-electron chi connectivity index (χ2n) is 4.61. The van der Waals surface area contributed by atoms with Crippen LogP contribution in [0.25, 0.3) is 0 Å². The lowest BCUT2D eigenvalue weighted by Crippen LogP contribution is -2.27. The number of carbonyl (C=O) groups is 1. The second kappa shape index (κ2) is 5.06. The topological polar surface area (TPSA) is 33.2 Å². The first-order valence-corrected chi connectivity index (χ1v) is 6.65. The molecular formula is C12H18N2OS. The molecule has 1 unspecified atom stereocenters. The molecule has 0 saturated heterocycles. The summed E-state index contributed by atoms with van der Waals surface area (Å²) < 4.78 is 0. The summed E-state index contributed by atoms with van der Waals surface area (Å²) in [6.45, 7) is 3.86. The van der Waals surface area contributed by atoms with Crippen molar-refractivity contribution in [2.75, 3.05) is 13.6 Å². The number of ketones is 1. The molecule has 88 valence electrons. The van der Waals surface area contributed by atoms with Crippen molar-refractivity contribution in [3.63, 3.8) is 0 Å². The third-order valence-electron chi connectivity index (χ3n) is 3.22. The Balaban J connectivity index is 1.87. The highest BCUT2D eigenvalue weighted by molar-refractivity contribution is 7.09. The van der Waals surface area contributed by atoms with Gasteiger partial charge in [-0.05, 0) is 26.8 Å². The van der Waals surface area contributed by atoms with E-state index in [2.05, 4.69) is 16.9 Å². The summed E-state index contributed by atoms with van der Waals surface area (Å²) in [4.78, 5) is 19.3. The van der Waals surface area contributed by atoms with Crippen LogP contribution in [0, 0.1) is 12.8 Å². The number of hydrogen-bond donors (Lipinski definition) is 0. The minimum absolute atomic E-state index is 0.276. The van der Waals surface area contributed by atoms with Gasteiger partial charge in [-0.15, -0.1) is 11.3 Å². The van der Waals surface area contributed by atoms with Gasteiger partial charge in [0.05, 0.1) is 11.2 Å². The van der Waals surface area contributed by atoms with Crippen LogP contribution in [-0.2, 0) is 11.3 Å². The minimum atomic E-state index is 0.276. The molecule has 2 rings (SSSR count). The Kier molecular flexibility index (Phi) is 3.71. The summed E-state index contributed by atoms with van der Waals surface area (Å²) in [7, 11) is 2.09. The largest absolute Gasteiger partial charge is 0.301 e. The van der Waals surface area contributed by atoms with Gasteiger partial charge in [0.2, 0.25) is 0 Å². The quantitative estimate of drug-likeness (QED) is 0.806. The molecule has 0 aliphatic heterocycles. The SMILES string of the molecule is Cc1ncsc1CN(C)CC1CCCC1=O. The fourth-order valence-electron chi connectivity index (χ4n) is 2.24. The van der Waals surface area contributed by atoms with Gasteiger partial charge in [0.1, 0.15) is 5.78 Å². The van der Waals surface area contributed by atoms with Crippen molar-refractivity contribution in [1.29, 1.82) is 0 Å². The van der Waals surface area contributed by atoms with Crippen LogP contribution in [0.15, 0.2) is 5.51 Å². The molecule has 16 heavy (non-hydrogen) atoms. The summed E-state index contributed by atoms with van der Waals surface area (Å²) >= 11 is 1.70. The number of hydrogen-bond acceptors (Lipinski definition) is 4. The Bertz CT molecular complexity index is 375. The van der Waals surface area contributed by atoms with Crippen LogP contribution in [0.1, 0.15) is 29.8 Å². The van der Waals surface area contributed by atoms with Gasteiger partial charge < -0.3 is 4.90 Å². The van der Waals surface area contributed by atoms with Gasteiger partial charge >= 0.3 is 0 Å². The van der Waals surface area contributed by atoms with E-state index in [1.165, 1.54) is 4.88 Å². The van der Waals surface area contributed by atoms with Crippen LogP contribution in [0.3, 0.4) is 0 Å². The zero-order chi connectivity index (χ0) is 11.5. The molecule has 1 atom stereocenters. The Morgan fingerprint density at radius 2 is 2.44 bits per heavy atom. The first kappa shape index (κ1) is 11.7. The number of aromatic nitrogens is 1. The number of carbonyl (C=O) groups excluding carboxylic acids is 1. The highest BCUT2D eigenvalue weighted by atomic mass is 32.1. The molecule has 1 aromatic rings. The summed E-state index contributed by atoms with van der Waals surface area (Å²) in [5.74, 6) is 0.728.